The van der Waals surface area contributed by atoms with Crippen molar-refractivity contribution in [2.45, 2.75) is 38.5 Å². The maximum absolute atomic E-state index is 13.5. The maximum atomic E-state index is 13.5. The van der Waals surface area contributed by atoms with Crippen molar-refractivity contribution < 1.29 is 43.1 Å². The van der Waals surface area contributed by atoms with Gasteiger partial charge in [0.05, 0.1) is 30.9 Å². The molecule has 3 aromatic carbocycles. The fourth-order valence-electron chi connectivity index (χ4n) is 10.2. The highest BCUT2D eigenvalue weighted by Gasteiger charge is 2.44. The summed E-state index contributed by atoms with van der Waals surface area (Å²) in [5.41, 5.74) is 1.08. The highest BCUT2D eigenvalue weighted by molar-refractivity contribution is 7.95. The second kappa shape index (κ2) is 32.6. The van der Waals surface area contributed by atoms with E-state index in [-0.39, 0.29) is 84.1 Å². The molecule has 0 aliphatic heterocycles. The monoisotopic (exact) mass is 1280 g/mol. The Bertz CT molecular complexity index is 3760. The molecule has 8 rings (SSSR count). The Kier molecular flexibility index (Phi) is 24.0. The van der Waals surface area contributed by atoms with Crippen molar-refractivity contribution in [1.29, 1.82) is 0 Å². The third-order valence-corrected chi connectivity index (χ3v) is 19.3. The first kappa shape index (κ1) is 67.8. The molecule has 0 saturated heterocycles. The number of benzene rings is 3. The van der Waals surface area contributed by atoms with Crippen molar-refractivity contribution in [1.82, 2.24) is 64.0 Å². The fourth-order valence-corrected chi connectivity index (χ4v) is 14.7. The summed E-state index contributed by atoms with van der Waals surface area (Å²) < 4.78 is 12.9. The van der Waals surface area contributed by atoms with Gasteiger partial charge in [0.15, 0.2) is 17.5 Å². The van der Waals surface area contributed by atoms with Crippen molar-refractivity contribution in [2.75, 3.05) is 92.9 Å². The van der Waals surface area contributed by atoms with Gasteiger partial charge in [-0.2, -0.15) is 0 Å². The van der Waals surface area contributed by atoms with E-state index in [2.05, 4.69) is 140 Å². The van der Waals surface area contributed by atoms with Gasteiger partial charge in [0, 0.05) is 105 Å². The van der Waals surface area contributed by atoms with Gasteiger partial charge in [-0.05, 0) is 95.0 Å². The molecule has 0 bridgehead atoms. The van der Waals surface area contributed by atoms with Crippen molar-refractivity contribution in [3.8, 4) is 0 Å². The van der Waals surface area contributed by atoms with Crippen LogP contribution in [0.2, 0.25) is 0 Å². The lowest BCUT2D eigenvalue weighted by molar-refractivity contribution is -0.121. The van der Waals surface area contributed by atoms with Crippen LogP contribution in [0.4, 0.5) is 28.8 Å². The van der Waals surface area contributed by atoms with Gasteiger partial charge in [-0.3, -0.25) is 43.7 Å². The van der Waals surface area contributed by atoms with Gasteiger partial charge in [0.25, 0.3) is 29.5 Å². The number of unbranched alkanes of at least 4 members (excludes halogenated alkanes) is 1. The lowest BCUT2D eigenvalue weighted by atomic mass is 10.2. The molecule has 0 spiro atoms. The van der Waals surface area contributed by atoms with Crippen molar-refractivity contribution in [3.63, 3.8) is 0 Å². The molecular weight excluding hydrogens is 1200 g/mol. The number of nitrogens with one attached hydrogen (secondary N) is 9. The second-order valence-corrected chi connectivity index (χ2v) is 25.8. The lowest BCUT2D eigenvalue weighted by Gasteiger charge is -2.27. The van der Waals surface area contributed by atoms with Crippen LogP contribution < -0.4 is 63.8 Å². The van der Waals surface area contributed by atoms with Crippen LogP contribution in [0.25, 0.3) is 0 Å². The van der Waals surface area contributed by atoms with E-state index in [0.717, 1.165) is 32.1 Å². The maximum Gasteiger partial charge on any atom is 0.291 e. The molecule has 0 atom stereocenters. The van der Waals surface area contributed by atoms with E-state index in [1.165, 1.54) is 71.1 Å². The number of aryl methyl sites for hydroxylation is 5. The molecule has 0 aliphatic carbocycles. The minimum atomic E-state index is -2.01. The van der Waals surface area contributed by atoms with Gasteiger partial charge in [0.2, 0.25) is 35.2 Å². The van der Waals surface area contributed by atoms with E-state index < -0.39 is 42.7 Å². The van der Waals surface area contributed by atoms with Gasteiger partial charge in [-0.15, -0.1) is 0 Å². The lowest BCUT2D eigenvalue weighted by Crippen LogP contribution is -2.33. The zero-order valence-corrected chi connectivity index (χ0v) is 53.6. The zero-order valence-electron chi connectivity index (χ0n) is 52.7. The molecule has 8 aromatic rings. The second-order valence-electron chi connectivity index (χ2n) is 22.2. The number of anilines is 5. The van der Waals surface area contributed by atoms with Gasteiger partial charge in [-0.1, -0.05) is 54.6 Å². The zero-order chi connectivity index (χ0) is 65.7. The fraction of sp³-hybridized carbons (Fsp3) is 0.328. The average molecular weight is 1280 g/mol. The molecule has 0 unspecified atom stereocenters. The summed E-state index contributed by atoms with van der Waals surface area (Å²) >= 11 is 0. The van der Waals surface area contributed by atoms with Gasteiger partial charge in [-0.25, -0.2) is 15.0 Å². The molecule has 5 heterocycles. The number of ether oxygens (including phenoxy) is 1. The molecule has 0 radical (unpaired) electrons. The van der Waals surface area contributed by atoms with Crippen LogP contribution in [0.5, 0.6) is 0 Å². The number of hydrogen-bond donors (Lipinski definition) is 9. The van der Waals surface area contributed by atoms with Crippen molar-refractivity contribution in [2.24, 2.45) is 35.2 Å². The van der Waals surface area contributed by atoms with E-state index in [0.29, 0.717) is 44.1 Å². The van der Waals surface area contributed by atoms with E-state index in [4.69, 9.17) is 4.74 Å². The van der Waals surface area contributed by atoms with Crippen LogP contribution in [-0.4, -0.2) is 156 Å². The quantitative estimate of drug-likeness (QED) is 0.0160. The molecule has 92 heavy (non-hydrogen) atoms. The van der Waals surface area contributed by atoms with Crippen LogP contribution in [0, 0.1) is 0 Å². The Morgan fingerprint density at radius 2 is 0.891 bits per heavy atom. The number of rotatable bonds is 33. The Morgan fingerprint density at radius 3 is 1.38 bits per heavy atom. The number of imidazole rings is 3. The average Bonchev–Trinajstić information content (AvgIpc) is 1.18. The van der Waals surface area contributed by atoms with Crippen LogP contribution in [0.15, 0.2) is 134 Å². The van der Waals surface area contributed by atoms with Gasteiger partial charge < -0.3 is 75.0 Å². The third-order valence-electron chi connectivity index (χ3n) is 14.8. The number of nitrogens with zero attached hydrogens (tertiary/aromatic N) is 9. The number of aromatic nitrogens is 8. The Hall–Kier alpha value is -10.1. The highest BCUT2D eigenvalue weighted by Crippen LogP contribution is 2.56. The Balaban J connectivity index is 0.727. The van der Waals surface area contributed by atoms with Crippen molar-refractivity contribution >= 4 is 99.3 Å². The van der Waals surface area contributed by atoms with Gasteiger partial charge in [0.1, 0.15) is 34.6 Å². The highest BCUT2D eigenvalue weighted by atomic mass is 31.2. The summed E-state index contributed by atoms with van der Waals surface area (Å²) in [6.07, 6.45) is 11.0. The molecule has 27 nitrogen and oxygen atoms in total. The first-order valence-corrected chi connectivity index (χ1v) is 32.0. The Labute approximate surface area is 533 Å². The molecule has 484 valence electrons. The summed E-state index contributed by atoms with van der Waals surface area (Å²) in [7, 11) is 10.0. The van der Waals surface area contributed by atoms with Crippen molar-refractivity contribution in [3.05, 3.63) is 163 Å². The molecule has 0 fully saturated rings. The third kappa shape index (κ3) is 18.5. The van der Waals surface area contributed by atoms with E-state index in [1.807, 2.05) is 32.3 Å². The van der Waals surface area contributed by atoms with Crippen LogP contribution >= 0.6 is 7.26 Å². The SMILES string of the molecule is CN(C)CCCNCOCCNC(=O)c1cc(NC(=O)c2nc(NC(=O)CCNC(=O)c3nc(NC(=O)c4cc(NC(=O)c5nc(NC(=O)CCNC(=O)CCCC[P+](c6ccccc6)(c6ccccc6)c6ccccc6)cn5C)cn4C)cn3C)cn2C)cn1C. The minimum absolute atomic E-state index is 0.0156. The molecule has 8 amide bonds. The normalized spacial score (nSPS) is 11.3. The minimum Gasteiger partial charge on any atom is -0.364 e. The number of carbonyl (C=O) groups excluding carboxylic acids is 8. The van der Waals surface area contributed by atoms with E-state index in [1.54, 1.807) is 46.0 Å². The summed E-state index contributed by atoms with van der Waals surface area (Å²) in [6, 6.07) is 34.8. The van der Waals surface area contributed by atoms with Crippen LogP contribution in [0.3, 0.4) is 0 Å². The topological polar surface area (TPSA) is 321 Å². The standard InChI is InChI=1S/C64H79N18O9P/c1-77(2)33-19-29-65-43-91-34-32-68-60(86)49-36-44(38-78(49)3)69-63(89)58-74-52(41-82(58)7)72-56(85)28-31-67-62(88)57-75-53(42-80(57)5)76-61(87)50-37-45(39-79(50)4)70-64(90)59-73-51(40-81(59)6)71-55(84)27-30-66-54(83)26-17-18-35-92(46-20-11-8-12-21-46,47-22-13-9-14-23-47)48-24-15-10-16-25-48/h8-16,20-25,36-42,65H,17-19,26-35,43H2,1-7H3,(H7-,66,67,68,69,70,71,72,76,83,84,85,86,87,88,89,90)/p+1. The van der Waals surface area contributed by atoms with Crippen LogP contribution in [0.1, 0.15) is 91.4 Å². The number of hydrogen-bond acceptors (Lipinski definition) is 14. The molecule has 5 aromatic heterocycles. The molecule has 9 N–H and O–H groups in total. The van der Waals surface area contributed by atoms with Crippen LogP contribution in [-0.2, 0) is 54.4 Å². The predicted octanol–water partition coefficient (Wildman–Crippen LogP) is 3.93. The van der Waals surface area contributed by atoms with E-state index in [9.17, 15) is 38.4 Å². The number of carbonyl (C=O) groups is 8. The van der Waals surface area contributed by atoms with Gasteiger partial charge >= 0.3 is 0 Å². The number of amides is 8. The summed E-state index contributed by atoms with van der Waals surface area (Å²) in [5.74, 6) is -3.63. The largest absolute Gasteiger partial charge is 0.364 e. The first-order chi connectivity index (χ1) is 44.3. The molecule has 0 aliphatic rings. The smallest absolute Gasteiger partial charge is 0.291 e. The summed E-state index contributed by atoms with van der Waals surface area (Å²) in [6.45, 7) is 2.80. The molecule has 28 heteroatoms. The molecular formula is C64H80N18O9P+. The van der Waals surface area contributed by atoms with E-state index >= 15 is 0 Å². The summed E-state index contributed by atoms with van der Waals surface area (Å²) in [4.78, 5) is 120. The predicted molar refractivity (Wildman–Crippen MR) is 354 cm³/mol. The summed E-state index contributed by atoms with van der Waals surface area (Å²) in [5, 5.41) is 28.8. The molecule has 0 saturated carbocycles. The first-order valence-electron chi connectivity index (χ1n) is 30.1. The Morgan fingerprint density at radius 1 is 0.446 bits per heavy atom.